The van der Waals surface area contributed by atoms with Crippen LogP contribution in [0.3, 0.4) is 0 Å². The molecule has 0 bridgehead atoms. The molecule has 1 aliphatic rings. The van der Waals surface area contributed by atoms with E-state index in [9.17, 15) is 8.42 Å². The summed E-state index contributed by atoms with van der Waals surface area (Å²) in [6.45, 7) is 0.470. The first-order valence-corrected chi connectivity index (χ1v) is 8.82. The predicted molar refractivity (Wildman–Crippen MR) is 85.4 cm³/mol. The molecule has 0 saturated carbocycles. The van der Waals surface area contributed by atoms with E-state index < -0.39 is 10.0 Å². The van der Waals surface area contributed by atoms with Gasteiger partial charge in [-0.2, -0.15) is 4.31 Å². The van der Waals surface area contributed by atoms with Crippen LogP contribution in [0.2, 0.25) is 0 Å². The Kier molecular flexibility index (Phi) is 4.07. The molecule has 0 amide bonds. The topological polar surface area (TPSA) is 84.2 Å². The van der Waals surface area contributed by atoms with Gasteiger partial charge in [0, 0.05) is 33.9 Å². The van der Waals surface area contributed by atoms with Crippen LogP contribution in [-0.4, -0.2) is 52.9 Å². The maximum atomic E-state index is 12.8. The van der Waals surface area contributed by atoms with Crippen molar-refractivity contribution in [1.82, 2.24) is 23.8 Å². The number of rotatable bonds is 4. The molecule has 1 aliphatic heterocycles. The summed E-state index contributed by atoms with van der Waals surface area (Å²) in [5.74, 6) is 0.713. The number of nitrogens with zero attached hydrogens (tertiary/aromatic N) is 6. The molecule has 8 nitrogen and oxygen atoms in total. The predicted octanol–water partition coefficient (Wildman–Crippen LogP) is 0.802. The maximum absolute atomic E-state index is 12.8. The first-order chi connectivity index (χ1) is 10.9. The average molecular weight is 336 g/mol. The monoisotopic (exact) mass is 336 g/mol. The highest BCUT2D eigenvalue weighted by Gasteiger charge is 2.38. The van der Waals surface area contributed by atoms with Crippen LogP contribution in [0, 0.1) is 0 Å². The van der Waals surface area contributed by atoms with Crippen LogP contribution in [0.1, 0.15) is 24.6 Å². The summed E-state index contributed by atoms with van der Waals surface area (Å²) in [6.07, 6.45) is 7.85. The Morgan fingerprint density at radius 1 is 1.30 bits per heavy atom. The fraction of sp³-hybridized carbons (Fsp3) is 0.500. The molecule has 23 heavy (non-hydrogen) atoms. The Morgan fingerprint density at radius 2 is 2.09 bits per heavy atom. The van der Waals surface area contributed by atoms with Crippen LogP contribution >= 0.6 is 0 Å². The SMILES string of the molecule is CN(C)c1cncc(C2CCCN2S(=O)(=O)c2cn(C)cn2)n1. The Balaban J connectivity index is 1.96. The van der Waals surface area contributed by atoms with Crippen molar-refractivity contribution in [2.75, 3.05) is 25.5 Å². The van der Waals surface area contributed by atoms with Gasteiger partial charge in [-0.3, -0.25) is 4.98 Å². The molecule has 9 heteroatoms. The van der Waals surface area contributed by atoms with Gasteiger partial charge in [0.25, 0.3) is 10.0 Å². The van der Waals surface area contributed by atoms with E-state index in [1.807, 2.05) is 19.0 Å². The average Bonchev–Trinajstić information content (AvgIpc) is 3.16. The van der Waals surface area contributed by atoms with Crippen molar-refractivity contribution >= 4 is 15.8 Å². The quantitative estimate of drug-likeness (QED) is 0.821. The lowest BCUT2D eigenvalue weighted by molar-refractivity contribution is 0.388. The minimum atomic E-state index is -3.63. The minimum Gasteiger partial charge on any atom is -0.361 e. The third kappa shape index (κ3) is 2.93. The van der Waals surface area contributed by atoms with Gasteiger partial charge in [-0.05, 0) is 12.8 Å². The van der Waals surface area contributed by atoms with Crippen molar-refractivity contribution in [3.63, 3.8) is 0 Å². The third-order valence-electron chi connectivity index (χ3n) is 3.90. The Bertz CT molecular complexity index is 801. The van der Waals surface area contributed by atoms with Crippen molar-refractivity contribution in [2.45, 2.75) is 23.9 Å². The molecule has 1 unspecified atom stereocenters. The molecule has 1 saturated heterocycles. The highest BCUT2D eigenvalue weighted by molar-refractivity contribution is 7.89. The number of sulfonamides is 1. The normalized spacial score (nSPS) is 19.2. The Morgan fingerprint density at radius 3 is 2.74 bits per heavy atom. The standard InChI is InChI=1S/C14H20N6O2S/c1-18(2)13-8-15-7-11(17-13)12-5-4-6-20(12)23(21,22)14-9-19(3)10-16-14/h7-10,12H,4-6H2,1-3H3. The number of anilines is 1. The highest BCUT2D eigenvalue weighted by Crippen LogP contribution is 2.35. The van der Waals surface area contributed by atoms with Gasteiger partial charge < -0.3 is 9.47 Å². The first-order valence-electron chi connectivity index (χ1n) is 7.38. The second-order valence-corrected chi connectivity index (χ2v) is 7.69. The lowest BCUT2D eigenvalue weighted by Gasteiger charge is -2.23. The van der Waals surface area contributed by atoms with Crippen molar-refractivity contribution in [1.29, 1.82) is 0 Å². The van der Waals surface area contributed by atoms with Gasteiger partial charge in [0.05, 0.1) is 30.5 Å². The summed E-state index contributed by atoms with van der Waals surface area (Å²) in [6, 6.07) is -0.297. The minimum absolute atomic E-state index is 0.0728. The zero-order chi connectivity index (χ0) is 16.6. The number of imidazole rings is 1. The smallest absolute Gasteiger partial charge is 0.262 e. The number of aromatic nitrogens is 4. The summed E-state index contributed by atoms with van der Waals surface area (Å²) in [5.41, 5.74) is 0.674. The van der Waals surface area contributed by atoms with Crippen LogP contribution in [0.25, 0.3) is 0 Å². The molecule has 0 radical (unpaired) electrons. The fourth-order valence-corrected chi connectivity index (χ4v) is 4.35. The second-order valence-electron chi connectivity index (χ2n) is 5.85. The van der Waals surface area contributed by atoms with Gasteiger partial charge >= 0.3 is 0 Å². The molecule has 3 rings (SSSR count). The molecule has 1 atom stereocenters. The van der Waals surface area contributed by atoms with Gasteiger partial charge in [0.1, 0.15) is 5.82 Å². The van der Waals surface area contributed by atoms with E-state index in [2.05, 4.69) is 15.0 Å². The molecule has 0 aromatic carbocycles. The third-order valence-corrected chi connectivity index (χ3v) is 5.69. The Hall–Kier alpha value is -2.00. The number of hydrogen-bond donors (Lipinski definition) is 0. The van der Waals surface area contributed by atoms with Crippen LogP contribution < -0.4 is 4.90 Å². The van der Waals surface area contributed by atoms with Gasteiger partial charge in [0.2, 0.25) is 0 Å². The van der Waals surface area contributed by atoms with E-state index in [0.29, 0.717) is 18.1 Å². The zero-order valence-electron chi connectivity index (χ0n) is 13.4. The molecule has 0 aliphatic carbocycles. The number of hydrogen-bond acceptors (Lipinski definition) is 6. The van der Waals surface area contributed by atoms with Gasteiger partial charge in [-0.25, -0.2) is 18.4 Å². The summed E-state index contributed by atoms with van der Waals surface area (Å²) in [4.78, 5) is 14.6. The van der Waals surface area contributed by atoms with Gasteiger partial charge in [0.15, 0.2) is 5.03 Å². The molecule has 1 fully saturated rings. The van der Waals surface area contributed by atoms with Crippen molar-refractivity contribution < 1.29 is 8.42 Å². The van der Waals surface area contributed by atoms with E-state index in [-0.39, 0.29) is 11.1 Å². The van der Waals surface area contributed by atoms with Gasteiger partial charge in [-0.15, -0.1) is 0 Å². The largest absolute Gasteiger partial charge is 0.361 e. The van der Waals surface area contributed by atoms with Gasteiger partial charge in [-0.1, -0.05) is 0 Å². The van der Waals surface area contributed by atoms with E-state index >= 15 is 0 Å². The molecule has 2 aromatic heterocycles. The molecule has 2 aromatic rings. The molecule has 0 spiro atoms. The molecule has 0 N–H and O–H groups in total. The number of aryl methyl sites for hydroxylation is 1. The Labute approximate surface area is 135 Å². The zero-order valence-corrected chi connectivity index (χ0v) is 14.2. The van der Waals surface area contributed by atoms with Crippen molar-refractivity contribution in [2.24, 2.45) is 7.05 Å². The fourth-order valence-electron chi connectivity index (χ4n) is 2.71. The summed E-state index contributed by atoms with van der Waals surface area (Å²) >= 11 is 0. The van der Waals surface area contributed by atoms with Crippen LogP contribution in [-0.2, 0) is 17.1 Å². The highest BCUT2D eigenvalue weighted by atomic mass is 32.2. The molecule has 124 valence electrons. The maximum Gasteiger partial charge on any atom is 0.262 e. The van der Waals surface area contributed by atoms with Crippen LogP contribution in [0.5, 0.6) is 0 Å². The summed E-state index contributed by atoms with van der Waals surface area (Å²) in [5, 5.41) is 0.0728. The van der Waals surface area contributed by atoms with Crippen LogP contribution in [0.4, 0.5) is 5.82 Å². The van der Waals surface area contributed by atoms with Crippen LogP contribution in [0.15, 0.2) is 29.9 Å². The summed E-state index contributed by atoms with van der Waals surface area (Å²) in [7, 11) is 1.88. The first kappa shape index (κ1) is 15.9. The summed E-state index contributed by atoms with van der Waals surface area (Å²) < 4.78 is 28.8. The molecule has 3 heterocycles. The van der Waals surface area contributed by atoms with E-state index in [0.717, 1.165) is 12.8 Å². The molecular weight excluding hydrogens is 316 g/mol. The van der Waals surface area contributed by atoms with Crippen molar-refractivity contribution in [3.8, 4) is 0 Å². The van der Waals surface area contributed by atoms with E-state index in [4.69, 9.17) is 0 Å². The van der Waals surface area contributed by atoms with E-state index in [1.54, 1.807) is 24.0 Å². The van der Waals surface area contributed by atoms with E-state index in [1.165, 1.54) is 16.8 Å². The lowest BCUT2D eigenvalue weighted by Crippen LogP contribution is -2.31. The van der Waals surface area contributed by atoms with Crippen molar-refractivity contribution in [3.05, 3.63) is 30.6 Å². The second kappa shape index (κ2) is 5.89. The molecular formula is C14H20N6O2S. The lowest BCUT2D eigenvalue weighted by atomic mass is 10.2.